The number of amides is 3. The number of rotatable bonds is 15. The number of nitrogens with one attached hydrogen (secondary N) is 3. The minimum atomic E-state index is -1.68. The molecule has 0 fully saturated rings. The zero-order valence-electron chi connectivity index (χ0n) is 19.3. The van der Waals surface area contributed by atoms with E-state index in [1.54, 1.807) is 12.1 Å². The lowest BCUT2D eigenvalue weighted by molar-refractivity contribution is -0.147. The van der Waals surface area contributed by atoms with Crippen molar-refractivity contribution in [3.63, 3.8) is 0 Å². The van der Waals surface area contributed by atoms with Gasteiger partial charge in [0.25, 0.3) is 0 Å². The Morgan fingerprint density at radius 2 is 1.58 bits per heavy atom. The summed E-state index contributed by atoms with van der Waals surface area (Å²) in [6.45, 7) is -0.500. The van der Waals surface area contributed by atoms with Crippen LogP contribution < -0.4 is 33.2 Å². The van der Waals surface area contributed by atoms with E-state index >= 15 is 0 Å². The number of aliphatic imine (C=N–C) groups is 1. The van der Waals surface area contributed by atoms with Gasteiger partial charge in [-0.15, -0.1) is 0 Å². The van der Waals surface area contributed by atoms with Gasteiger partial charge in [-0.25, -0.2) is 4.79 Å². The number of guanidine groups is 1. The monoisotopic (exact) mass is 509 g/mol. The van der Waals surface area contributed by atoms with Crippen LogP contribution in [-0.2, 0) is 30.4 Å². The number of nitrogens with two attached hydrogens (primary N) is 3. The highest BCUT2D eigenvalue weighted by Gasteiger charge is 2.26. The Morgan fingerprint density at radius 3 is 2.14 bits per heavy atom. The Balaban J connectivity index is 2.76. The van der Waals surface area contributed by atoms with Gasteiger partial charge in [-0.1, -0.05) is 12.1 Å². The third-order valence-electron chi connectivity index (χ3n) is 4.74. The van der Waals surface area contributed by atoms with Crippen LogP contribution in [0.5, 0.6) is 5.75 Å². The fourth-order valence-corrected chi connectivity index (χ4v) is 2.94. The number of hydrogen-bond donors (Lipinski definition) is 9. The van der Waals surface area contributed by atoms with Gasteiger partial charge in [-0.2, -0.15) is 0 Å². The number of carboxylic acids is 2. The molecule has 1 aromatic carbocycles. The number of aromatic hydroxyl groups is 1. The summed E-state index contributed by atoms with van der Waals surface area (Å²) in [5.74, 6) is -5.43. The smallest absolute Gasteiger partial charge is 0.326 e. The molecule has 0 saturated heterocycles. The number of phenols is 1. The molecule has 0 heterocycles. The summed E-state index contributed by atoms with van der Waals surface area (Å²) < 4.78 is 0. The Hall–Kier alpha value is -4.40. The van der Waals surface area contributed by atoms with Gasteiger partial charge < -0.3 is 48.5 Å². The summed E-state index contributed by atoms with van der Waals surface area (Å²) in [6, 6.07) is 2.23. The van der Waals surface area contributed by atoms with Crippen LogP contribution in [0.4, 0.5) is 0 Å². The zero-order chi connectivity index (χ0) is 27.3. The molecule has 3 amide bonds. The number of aliphatic carboxylic acids is 2. The van der Waals surface area contributed by atoms with Gasteiger partial charge in [0, 0.05) is 6.54 Å². The van der Waals surface area contributed by atoms with E-state index in [0.717, 1.165) is 0 Å². The normalized spacial score (nSPS) is 12.9. The molecule has 0 saturated carbocycles. The maximum Gasteiger partial charge on any atom is 0.326 e. The molecule has 0 spiro atoms. The summed E-state index contributed by atoms with van der Waals surface area (Å²) in [4.78, 5) is 62.9. The first-order valence-corrected chi connectivity index (χ1v) is 10.8. The van der Waals surface area contributed by atoms with Crippen LogP contribution in [0, 0.1) is 0 Å². The summed E-state index contributed by atoms with van der Waals surface area (Å²) in [6.07, 6.45) is -0.359. The molecule has 15 heteroatoms. The van der Waals surface area contributed by atoms with Crippen molar-refractivity contribution in [2.45, 2.75) is 43.8 Å². The number of hydrogen-bond acceptors (Lipinski definition) is 8. The van der Waals surface area contributed by atoms with Crippen molar-refractivity contribution in [3.8, 4) is 5.75 Å². The molecule has 0 bridgehead atoms. The molecule has 198 valence electrons. The highest BCUT2D eigenvalue weighted by Crippen LogP contribution is 2.11. The van der Waals surface area contributed by atoms with E-state index in [1.807, 2.05) is 5.32 Å². The molecule has 0 aliphatic carbocycles. The zero-order valence-corrected chi connectivity index (χ0v) is 19.3. The first-order chi connectivity index (χ1) is 16.9. The van der Waals surface area contributed by atoms with Gasteiger partial charge in [0.05, 0.1) is 19.0 Å². The second kappa shape index (κ2) is 14.8. The first-order valence-electron chi connectivity index (χ1n) is 10.8. The minimum absolute atomic E-state index is 0.0518. The van der Waals surface area contributed by atoms with Crippen LogP contribution in [0.1, 0.15) is 24.8 Å². The molecule has 3 atom stereocenters. The van der Waals surface area contributed by atoms with E-state index in [1.165, 1.54) is 12.1 Å². The predicted octanol–water partition coefficient (Wildman–Crippen LogP) is -3.04. The Kier molecular flexibility index (Phi) is 12.2. The average molecular weight is 510 g/mol. The van der Waals surface area contributed by atoms with Crippen LogP contribution in [-0.4, -0.2) is 82.2 Å². The Labute approximate surface area is 206 Å². The van der Waals surface area contributed by atoms with Crippen LogP contribution >= 0.6 is 0 Å². The van der Waals surface area contributed by atoms with Crippen molar-refractivity contribution >= 4 is 35.6 Å². The quantitative estimate of drug-likeness (QED) is 0.0651. The molecule has 15 nitrogen and oxygen atoms in total. The van der Waals surface area contributed by atoms with E-state index < -0.39 is 60.8 Å². The highest BCUT2D eigenvalue weighted by atomic mass is 16.4. The van der Waals surface area contributed by atoms with Crippen molar-refractivity contribution in [1.29, 1.82) is 0 Å². The third kappa shape index (κ3) is 11.6. The fraction of sp³-hybridized carbons (Fsp3) is 0.429. The second-order valence-electron chi connectivity index (χ2n) is 7.76. The van der Waals surface area contributed by atoms with E-state index in [2.05, 4.69) is 15.6 Å². The molecule has 0 aromatic heterocycles. The van der Waals surface area contributed by atoms with Gasteiger partial charge in [0.15, 0.2) is 5.96 Å². The summed E-state index contributed by atoms with van der Waals surface area (Å²) in [5.41, 5.74) is 17.2. The molecule has 1 aromatic rings. The maximum atomic E-state index is 12.7. The van der Waals surface area contributed by atoms with Crippen LogP contribution in [0.15, 0.2) is 29.3 Å². The van der Waals surface area contributed by atoms with Gasteiger partial charge in [-0.3, -0.25) is 24.2 Å². The number of carboxylic acid groups (broad SMARTS) is 2. The molecular weight excluding hydrogens is 478 g/mol. The number of phenolic OH excluding ortho intramolecular Hbond substituents is 1. The largest absolute Gasteiger partial charge is 0.508 e. The molecule has 0 unspecified atom stereocenters. The molecule has 0 aliphatic heterocycles. The minimum Gasteiger partial charge on any atom is -0.508 e. The van der Waals surface area contributed by atoms with E-state index in [4.69, 9.17) is 27.4 Å². The molecule has 0 aliphatic rings. The molecule has 0 radical (unpaired) electrons. The van der Waals surface area contributed by atoms with Crippen molar-refractivity contribution in [2.75, 3.05) is 13.1 Å². The first kappa shape index (κ1) is 29.6. The summed E-state index contributed by atoms with van der Waals surface area (Å²) >= 11 is 0. The second-order valence-corrected chi connectivity index (χ2v) is 7.76. The number of carbonyl (C=O) groups excluding carboxylic acids is 3. The lowest BCUT2D eigenvalue weighted by Gasteiger charge is -2.21. The van der Waals surface area contributed by atoms with Crippen LogP contribution in [0.2, 0.25) is 0 Å². The Bertz CT molecular complexity index is 964. The van der Waals surface area contributed by atoms with Crippen LogP contribution in [0.25, 0.3) is 0 Å². The van der Waals surface area contributed by atoms with Crippen molar-refractivity contribution in [2.24, 2.45) is 22.2 Å². The standard InChI is InChI=1S/C21H31N7O8/c22-13(8-11-3-5-12(29)6-4-11)18(33)28-14(2-1-7-25-21(23)24)19(34)26-10-16(30)27-15(20(35)36)9-17(31)32/h3-6,13-15,29H,1-2,7-10,22H2,(H,26,34)(H,27,30)(H,28,33)(H,31,32)(H,35,36)(H4,23,24,25)/t13-,14-,15-/m0/s1. The molecular formula is C21H31N7O8. The lowest BCUT2D eigenvalue weighted by atomic mass is 10.0. The number of carbonyl (C=O) groups is 5. The Morgan fingerprint density at radius 1 is 0.944 bits per heavy atom. The van der Waals surface area contributed by atoms with Crippen molar-refractivity contribution in [1.82, 2.24) is 16.0 Å². The van der Waals surface area contributed by atoms with Gasteiger partial charge in [0.1, 0.15) is 17.8 Å². The lowest BCUT2D eigenvalue weighted by Crippen LogP contribution is -2.54. The maximum absolute atomic E-state index is 12.7. The topological polar surface area (TPSA) is 273 Å². The van der Waals surface area contributed by atoms with Crippen molar-refractivity contribution in [3.05, 3.63) is 29.8 Å². The average Bonchev–Trinajstić information content (AvgIpc) is 2.79. The summed E-state index contributed by atoms with van der Waals surface area (Å²) in [7, 11) is 0. The van der Waals surface area contributed by atoms with Gasteiger partial charge in [0.2, 0.25) is 17.7 Å². The van der Waals surface area contributed by atoms with Gasteiger partial charge in [-0.05, 0) is 37.0 Å². The van der Waals surface area contributed by atoms with E-state index in [-0.39, 0.29) is 37.5 Å². The number of nitrogens with zero attached hydrogens (tertiary/aromatic N) is 1. The van der Waals surface area contributed by atoms with E-state index in [0.29, 0.717) is 5.56 Å². The fourth-order valence-electron chi connectivity index (χ4n) is 2.94. The number of benzene rings is 1. The SMILES string of the molecule is NC(N)=NCCC[C@H](NC(=O)[C@@H](N)Cc1ccc(O)cc1)C(=O)NCC(=O)N[C@@H](CC(=O)O)C(=O)O. The van der Waals surface area contributed by atoms with Crippen molar-refractivity contribution < 1.29 is 39.3 Å². The van der Waals surface area contributed by atoms with Gasteiger partial charge >= 0.3 is 11.9 Å². The highest BCUT2D eigenvalue weighted by molar-refractivity contribution is 5.93. The predicted molar refractivity (Wildman–Crippen MR) is 126 cm³/mol. The molecule has 1 rings (SSSR count). The van der Waals surface area contributed by atoms with E-state index in [9.17, 15) is 29.1 Å². The molecule has 36 heavy (non-hydrogen) atoms. The molecule has 12 N–H and O–H groups in total. The summed E-state index contributed by atoms with van der Waals surface area (Å²) in [5, 5.41) is 33.9. The van der Waals surface area contributed by atoms with Crippen LogP contribution in [0.3, 0.4) is 0 Å². The third-order valence-corrected chi connectivity index (χ3v) is 4.74.